The summed E-state index contributed by atoms with van der Waals surface area (Å²) in [6.45, 7) is 5.09. The standard InChI is InChI=1S/C21H24N2O3/c1-3-26-19-9-5-4-8-17(19)21(25)22-16-12-11-15(2)18(14-16)23-13-7-6-10-20(23)24/h4-5,8-9,11-12,14H,3,6-7,10,13H2,1-2H3,(H,22,25). The van der Waals surface area contributed by atoms with Crippen molar-refractivity contribution in [3.05, 3.63) is 53.6 Å². The molecule has 0 atom stereocenters. The van der Waals surface area contributed by atoms with Crippen LogP contribution in [0.1, 0.15) is 42.1 Å². The molecule has 0 unspecified atom stereocenters. The molecule has 26 heavy (non-hydrogen) atoms. The molecule has 1 heterocycles. The first-order valence-corrected chi connectivity index (χ1v) is 9.04. The summed E-state index contributed by atoms with van der Waals surface area (Å²) in [5, 5.41) is 2.92. The minimum Gasteiger partial charge on any atom is -0.493 e. The highest BCUT2D eigenvalue weighted by Gasteiger charge is 2.21. The Hall–Kier alpha value is -2.82. The van der Waals surface area contributed by atoms with Crippen molar-refractivity contribution in [1.29, 1.82) is 0 Å². The first-order chi connectivity index (χ1) is 12.6. The molecule has 1 aliphatic rings. The molecule has 2 amide bonds. The summed E-state index contributed by atoms with van der Waals surface area (Å²) in [7, 11) is 0. The van der Waals surface area contributed by atoms with Crippen LogP contribution in [-0.2, 0) is 4.79 Å². The van der Waals surface area contributed by atoms with Gasteiger partial charge in [0, 0.05) is 24.3 Å². The first-order valence-electron chi connectivity index (χ1n) is 9.04. The van der Waals surface area contributed by atoms with Crippen molar-refractivity contribution in [2.24, 2.45) is 0 Å². The van der Waals surface area contributed by atoms with E-state index in [0.29, 0.717) is 30.0 Å². The average molecular weight is 352 g/mol. The molecule has 0 aromatic heterocycles. The van der Waals surface area contributed by atoms with Gasteiger partial charge in [0.1, 0.15) is 5.75 Å². The number of piperidine rings is 1. The van der Waals surface area contributed by atoms with Gasteiger partial charge in [0.05, 0.1) is 12.2 Å². The Kier molecular flexibility index (Phi) is 5.56. The summed E-state index contributed by atoms with van der Waals surface area (Å²) in [4.78, 5) is 26.7. The van der Waals surface area contributed by atoms with E-state index in [0.717, 1.165) is 30.6 Å². The van der Waals surface area contributed by atoms with E-state index < -0.39 is 0 Å². The summed E-state index contributed by atoms with van der Waals surface area (Å²) in [6, 6.07) is 12.8. The molecule has 0 bridgehead atoms. The largest absolute Gasteiger partial charge is 0.493 e. The van der Waals surface area contributed by atoms with Gasteiger partial charge in [-0.1, -0.05) is 18.2 Å². The number of aryl methyl sites for hydroxylation is 1. The van der Waals surface area contributed by atoms with E-state index >= 15 is 0 Å². The second-order valence-corrected chi connectivity index (χ2v) is 6.39. The quantitative estimate of drug-likeness (QED) is 0.879. The molecule has 5 nitrogen and oxygen atoms in total. The van der Waals surface area contributed by atoms with Gasteiger partial charge >= 0.3 is 0 Å². The molecule has 3 rings (SSSR count). The van der Waals surface area contributed by atoms with E-state index in [4.69, 9.17) is 4.74 Å². The summed E-state index contributed by atoms with van der Waals surface area (Å²) in [6.07, 6.45) is 2.53. The normalized spacial score (nSPS) is 14.2. The highest BCUT2D eigenvalue weighted by Crippen LogP contribution is 2.28. The van der Waals surface area contributed by atoms with Crippen LogP contribution in [0.15, 0.2) is 42.5 Å². The van der Waals surface area contributed by atoms with E-state index in [1.807, 2.05) is 49.1 Å². The molecule has 0 spiro atoms. The van der Waals surface area contributed by atoms with Gasteiger partial charge in [-0.05, 0) is 56.5 Å². The van der Waals surface area contributed by atoms with Crippen molar-refractivity contribution >= 4 is 23.2 Å². The highest BCUT2D eigenvalue weighted by atomic mass is 16.5. The molecule has 1 fully saturated rings. The molecule has 2 aromatic carbocycles. The number of para-hydroxylation sites is 1. The fourth-order valence-electron chi connectivity index (χ4n) is 3.17. The summed E-state index contributed by atoms with van der Waals surface area (Å²) in [5.41, 5.74) is 3.05. The number of nitrogens with one attached hydrogen (secondary N) is 1. The maximum atomic E-state index is 12.7. The van der Waals surface area contributed by atoms with Crippen LogP contribution in [0.5, 0.6) is 5.75 Å². The lowest BCUT2D eigenvalue weighted by molar-refractivity contribution is -0.119. The molecule has 1 N–H and O–H groups in total. The van der Waals surface area contributed by atoms with E-state index in [1.165, 1.54) is 0 Å². The molecule has 0 aliphatic carbocycles. The summed E-state index contributed by atoms with van der Waals surface area (Å²) in [5.74, 6) is 0.476. The number of carbonyl (C=O) groups is 2. The number of hydrogen-bond donors (Lipinski definition) is 1. The number of anilines is 2. The van der Waals surface area contributed by atoms with Crippen LogP contribution < -0.4 is 15.0 Å². The number of ether oxygens (including phenoxy) is 1. The SMILES string of the molecule is CCOc1ccccc1C(=O)Nc1ccc(C)c(N2CCCCC2=O)c1. The van der Waals surface area contributed by atoms with Crippen molar-refractivity contribution in [3.8, 4) is 5.75 Å². The lowest BCUT2D eigenvalue weighted by Crippen LogP contribution is -2.35. The number of nitrogens with zero attached hydrogens (tertiary/aromatic N) is 1. The third-order valence-corrected chi connectivity index (χ3v) is 4.51. The predicted molar refractivity (Wildman–Crippen MR) is 103 cm³/mol. The van der Waals surface area contributed by atoms with E-state index in [-0.39, 0.29) is 11.8 Å². The van der Waals surface area contributed by atoms with Crippen molar-refractivity contribution in [1.82, 2.24) is 0 Å². The Morgan fingerprint density at radius 1 is 1.19 bits per heavy atom. The smallest absolute Gasteiger partial charge is 0.259 e. The van der Waals surface area contributed by atoms with Crippen LogP contribution in [0.3, 0.4) is 0 Å². The third kappa shape index (κ3) is 3.87. The van der Waals surface area contributed by atoms with Gasteiger partial charge < -0.3 is 15.0 Å². The summed E-state index contributed by atoms with van der Waals surface area (Å²) >= 11 is 0. The zero-order valence-electron chi connectivity index (χ0n) is 15.2. The number of amides is 2. The van der Waals surface area contributed by atoms with Crippen molar-refractivity contribution in [3.63, 3.8) is 0 Å². The maximum Gasteiger partial charge on any atom is 0.259 e. The van der Waals surface area contributed by atoms with Crippen molar-refractivity contribution < 1.29 is 14.3 Å². The monoisotopic (exact) mass is 352 g/mol. The number of benzene rings is 2. The fourth-order valence-corrected chi connectivity index (χ4v) is 3.17. The van der Waals surface area contributed by atoms with Gasteiger partial charge in [0.2, 0.25) is 5.91 Å². The Labute approximate surface area is 154 Å². The predicted octanol–water partition coefficient (Wildman–Crippen LogP) is 4.16. The zero-order chi connectivity index (χ0) is 18.5. The molecule has 0 saturated carbocycles. The lowest BCUT2D eigenvalue weighted by Gasteiger charge is -2.28. The van der Waals surface area contributed by atoms with E-state index in [1.54, 1.807) is 12.1 Å². The van der Waals surface area contributed by atoms with Gasteiger partial charge in [-0.15, -0.1) is 0 Å². The van der Waals surface area contributed by atoms with Crippen molar-refractivity contribution in [2.75, 3.05) is 23.4 Å². The lowest BCUT2D eigenvalue weighted by atomic mass is 10.1. The number of rotatable bonds is 5. The zero-order valence-corrected chi connectivity index (χ0v) is 15.2. The Morgan fingerprint density at radius 3 is 2.77 bits per heavy atom. The van der Waals surface area contributed by atoms with Gasteiger partial charge in [0.15, 0.2) is 0 Å². The minimum absolute atomic E-state index is 0.143. The minimum atomic E-state index is -0.228. The first kappa shape index (κ1) is 18.0. The molecule has 0 radical (unpaired) electrons. The van der Waals surface area contributed by atoms with Crippen LogP contribution in [0.2, 0.25) is 0 Å². The Balaban J connectivity index is 1.83. The molecular weight excluding hydrogens is 328 g/mol. The topological polar surface area (TPSA) is 58.6 Å². The highest BCUT2D eigenvalue weighted by molar-refractivity contribution is 6.06. The Morgan fingerprint density at radius 2 is 2.00 bits per heavy atom. The van der Waals surface area contributed by atoms with Crippen molar-refractivity contribution in [2.45, 2.75) is 33.1 Å². The van der Waals surface area contributed by atoms with Crippen LogP contribution in [-0.4, -0.2) is 25.0 Å². The average Bonchev–Trinajstić information content (AvgIpc) is 2.64. The second-order valence-electron chi connectivity index (χ2n) is 6.39. The van der Waals surface area contributed by atoms with Gasteiger partial charge in [0.25, 0.3) is 5.91 Å². The summed E-state index contributed by atoms with van der Waals surface area (Å²) < 4.78 is 5.53. The molecule has 2 aromatic rings. The van der Waals surface area contributed by atoms with Crippen LogP contribution in [0, 0.1) is 6.92 Å². The van der Waals surface area contributed by atoms with E-state index in [9.17, 15) is 9.59 Å². The fraction of sp³-hybridized carbons (Fsp3) is 0.333. The van der Waals surface area contributed by atoms with Crippen LogP contribution in [0.25, 0.3) is 0 Å². The van der Waals surface area contributed by atoms with Crippen LogP contribution in [0.4, 0.5) is 11.4 Å². The third-order valence-electron chi connectivity index (χ3n) is 4.51. The Bertz CT molecular complexity index is 817. The number of hydrogen-bond acceptors (Lipinski definition) is 3. The second kappa shape index (κ2) is 8.04. The van der Waals surface area contributed by atoms with Gasteiger partial charge in [-0.25, -0.2) is 0 Å². The molecule has 136 valence electrons. The molecule has 5 heteroatoms. The van der Waals surface area contributed by atoms with E-state index in [2.05, 4.69) is 5.32 Å². The van der Waals surface area contributed by atoms with Gasteiger partial charge in [-0.2, -0.15) is 0 Å². The van der Waals surface area contributed by atoms with Crippen LogP contribution >= 0.6 is 0 Å². The number of carbonyl (C=O) groups excluding carboxylic acids is 2. The molecule has 1 aliphatic heterocycles. The maximum absolute atomic E-state index is 12.7. The molecule has 1 saturated heterocycles. The van der Waals surface area contributed by atoms with Gasteiger partial charge in [-0.3, -0.25) is 9.59 Å². The molecular formula is C21H24N2O3.